The van der Waals surface area contributed by atoms with E-state index in [1.54, 1.807) is 30.6 Å². The molecule has 0 bridgehead atoms. The number of thioether (sulfide) groups is 1. The van der Waals surface area contributed by atoms with Crippen LogP contribution in [0.15, 0.2) is 65.8 Å². The van der Waals surface area contributed by atoms with Crippen molar-refractivity contribution in [2.24, 2.45) is 0 Å². The quantitative estimate of drug-likeness (QED) is 0.112. The van der Waals surface area contributed by atoms with Gasteiger partial charge in [0, 0.05) is 46.3 Å². The number of benzene rings is 2. The fraction of sp³-hybridized carbons (Fsp3) is 0.0833. The van der Waals surface area contributed by atoms with E-state index in [0.717, 1.165) is 34.7 Å². The monoisotopic (exact) mass is 667 g/mol. The number of nitrogens with zero attached hydrogens (tertiary/aromatic N) is 2. The summed E-state index contributed by atoms with van der Waals surface area (Å²) in [6.45, 7) is 0. The van der Waals surface area contributed by atoms with Crippen LogP contribution >= 0.6 is 24.4 Å². The maximum absolute atomic E-state index is 13.5. The van der Waals surface area contributed by atoms with E-state index in [0.29, 0.717) is 17.1 Å². The third-order valence-corrected chi connectivity index (χ3v) is 5.29. The van der Waals surface area contributed by atoms with Crippen LogP contribution in [0.4, 0.5) is 17.6 Å². The van der Waals surface area contributed by atoms with Crippen molar-refractivity contribution in [2.75, 3.05) is 6.26 Å². The van der Waals surface area contributed by atoms with E-state index in [9.17, 15) is 17.6 Å². The summed E-state index contributed by atoms with van der Waals surface area (Å²) in [5, 5.41) is 0. The summed E-state index contributed by atoms with van der Waals surface area (Å²) in [5.41, 5.74) is 2.18. The molecule has 2 nitrogen and oxygen atoms in total. The van der Waals surface area contributed by atoms with Crippen molar-refractivity contribution in [2.45, 2.75) is 10.6 Å². The Balaban J connectivity index is 0.000000227. The van der Waals surface area contributed by atoms with Gasteiger partial charge in [-0.3, -0.25) is 17.6 Å². The molecule has 0 aliphatic heterocycles. The summed E-state index contributed by atoms with van der Waals surface area (Å²) in [7, 11) is 0. The van der Waals surface area contributed by atoms with Gasteiger partial charge in [0.2, 0.25) is 0 Å². The van der Waals surface area contributed by atoms with E-state index in [4.69, 9.17) is 0 Å². The van der Waals surface area contributed by atoms with Crippen LogP contribution in [0.1, 0.15) is 5.56 Å². The van der Waals surface area contributed by atoms with E-state index in [1.807, 2.05) is 12.3 Å². The second-order valence-electron chi connectivity index (χ2n) is 6.37. The minimum absolute atomic E-state index is 0. The number of thiol groups is 1. The van der Waals surface area contributed by atoms with Crippen molar-refractivity contribution < 1.29 is 38.6 Å². The van der Waals surface area contributed by atoms with Crippen LogP contribution in [0.5, 0.6) is 0 Å². The van der Waals surface area contributed by atoms with Gasteiger partial charge in [0.25, 0.3) is 0 Å². The molecule has 172 valence electrons. The number of hydrogen-bond donors (Lipinski definition) is 1. The fourth-order valence-electron chi connectivity index (χ4n) is 2.67. The Kier molecular flexibility index (Phi) is 10.6. The SMILES string of the molecule is CSc1ccnc(-c2[c-]cc(F)cc2F)c1.Fc1c[c-]c(-c2cc(CS)ccn2)c(F)c1.[Pt+2]. The molecule has 4 rings (SSSR count). The van der Waals surface area contributed by atoms with Gasteiger partial charge in [-0.1, -0.05) is 35.4 Å². The average molecular weight is 668 g/mol. The van der Waals surface area contributed by atoms with E-state index in [1.165, 1.54) is 11.8 Å². The average Bonchev–Trinajstić information content (AvgIpc) is 2.79. The molecular formula is C24H16F4N2PtS2. The Hall–Kier alpha value is -2.15. The van der Waals surface area contributed by atoms with Gasteiger partial charge < -0.3 is 9.97 Å². The smallest absolute Gasteiger partial charge is 0.305 e. The van der Waals surface area contributed by atoms with E-state index in [-0.39, 0.29) is 32.2 Å². The van der Waals surface area contributed by atoms with Gasteiger partial charge in [0.05, 0.1) is 0 Å². The third kappa shape index (κ3) is 7.42. The minimum Gasteiger partial charge on any atom is -0.305 e. The van der Waals surface area contributed by atoms with Gasteiger partial charge in [-0.2, -0.15) is 12.6 Å². The molecule has 0 saturated heterocycles. The molecule has 2 aromatic heterocycles. The molecule has 0 amide bonds. The Morgan fingerprint density at radius 3 is 1.82 bits per heavy atom. The molecule has 2 heterocycles. The first-order chi connectivity index (χ1) is 15.4. The molecule has 9 heteroatoms. The van der Waals surface area contributed by atoms with Crippen LogP contribution in [0.2, 0.25) is 0 Å². The largest absolute Gasteiger partial charge is 2.00 e. The minimum atomic E-state index is -0.663. The van der Waals surface area contributed by atoms with Gasteiger partial charge in [0.15, 0.2) is 0 Å². The molecule has 0 saturated carbocycles. The molecule has 0 unspecified atom stereocenters. The number of aromatic nitrogens is 2. The predicted octanol–water partition coefficient (Wildman–Crippen LogP) is 6.80. The zero-order chi connectivity index (χ0) is 23.1. The normalized spacial score (nSPS) is 10.1. The van der Waals surface area contributed by atoms with E-state index in [2.05, 4.69) is 34.7 Å². The van der Waals surface area contributed by atoms with Crippen LogP contribution in [0.25, 0.3) is 22.5 Å². The molecule has 2 aromatic carbocycles. The first kappa shape index (κ1) is 27.1. The topological polar surface area (TPSA) is 25.8 Å². The van der Waals surface area contributed by atoms with Crippen molar-refractivity contribution in [3.8, 4) is 22.5 Å². The zero-order valence-corrected chi connectivity index (χ0v) is 21.0. The molecule has 0 fully saturated rings. The van der Waals surface area contributed by atoms with Crippen molar-refractivity contribution in [3.05, 3.63) is 102 Å². The summed E-state index contributed by atoms with van der Waals surface area (Å²) >= 11 is 5.66. The Morgan fingerprint density at radius 1 is 0.818 bits per heavy atom. The first-order valence-corrected chi connectivity index (χ1v) is 11.1. The van der Waals surface area contributed by atoms with Gasteiger partial charge >= 0.3 is 21.1 Å². The summed E-state index contributed by atoms with van der Waals surface area (Å²) in [6, 6.07) is 16.0. The standard InChI is InChI=1S/2C12H8F2NS.Pt/c1-16-9-4-5-15-12(7-9)10-3-2-8(13)6-11(10)14;13-9-1-2-10(11(14)6-9)12-5-8(7-16)3-4-15-12;/h2,4-7H,1H3;1,3-6,16H,7H2;/q2*-1;+2. The number of halogens is 4. The summed E-state index contributed by atoms with van der Waals surface area (Å²) < 4.78 is 52.3. The van der Waals surface area contributed by atoms with E-state index >= 15 is 0 Å². The Bertz CT molecular complexity index is 1130. The second kappa shape index (κ2) is 12.9. The van der Waals surface area contributed by atoms with Gasteiger partial charge in [0.1, 0.15) is 0 Å². The molecule has 0 aliphatic rings. The maximum atomic E-state index is 13.5. The first-order valence-electron chi connectivity index (χ1n) is 9.21. The Labute approximate surface area is 213 Å². The van der Waals surface area contributed by atoms with Crippen LogP contribution in [-0.2, 0) is 26.8 Å². The summed E-state index contributed by atoms with van der Waals surface area (Å²) in [5.74, 6) is -2.05. The molecule has 4 aromatic rings. The third-order valence-electron chi connectivity index (χ3n) is 4.20. The maximum Gasteiger partial charge on any atom is 2.00 e. The second-order valence-corrected chi connectivity index (χ2v) is 7.57. The van der Waals surface area contributed by atoms with Crippen molar-refractivity contribution in [1.29, 1.82) is 0 Å². The van der Waals surface area contributed by atoms with Gasteiger partial charge in [-0.05, 0) is 35.3 Å². The van der Waals surface area contributed by atoms with Gasteiger partial charge in [-0.25, -0.2) is 0 Å². The Morgan fingerprint density at radius 2 is 1.33 bits per heavy atom. The molecule has 0 radical (unpaired) electrons. The van der Waals surface area contributed by atoms with Crippen LogP contribution in [0.3, 0.4) is 0 Å². The molecule has 0 aliphatic carbocycles. The number of rotatable bonds is 4. The molecule has 0 atom stereocenters. The van der Waals surface area contributed by atoms with Crippen LogP contribution < -0.4 is 0 Å². The molecular weight excluding hydrogens is 651 g/mol. The summed E-state index contributed by atoms with van der Waals surface area (Å²) in [4.78, 5) is 9.04. The number of hydrogen-bond acceptors (Lipinski definition) is 4. The predicted molar refractivity (Wildman–Crippen MR) is 121 cm³/mol. The van der Waals surface area contributed by atoms with Crippen molar-refractivity contribution in [1.82, 2.24) is 9.97 Å². The fourth-order valence-corrected chi connectivity index (χ4v) is 3.29. The zero-order valence-electron chi connectivity index (χ0n) is 17.1. The number of pyridine rings is 2. The van der Waals surface area contributed by atoms with Gasteiger partial charge in [-0.15, -0.1) is 36.0 Å². The van der Waals surface area contributed by atoms with Crippen LogP contribution in [-0.4, -0.2) is 16.2 Å². The summed E-state index contributed by atoms with van der Waals surface area (Å²) in [6.07, 6.45) is 5.08. The van der Waals surface area contributed by atoms with Crippen molar-refractivity contribution in [3.63, 3.8) is 0 Å². The van der Waals surface area contributed by atoms with E-state index < -0.39 is 23.3 Å². The van der Waals surface area contributed by atoms with Crippen LogP contribution in [0, 0.1) is 35.4 Å². The molecule has 33 heavy (non-hydrogen) atoms. The molecule has 0 N–H and O–H groups in total. The van der Waals surface area contributed by atoms with Crippen molar-refractivity contribution >= 4 is 24.4 Å². The molecule has 0 spiro atoms.